The first kappa shape index (κ1) is 15.4. The van der Waals surface area contributed by atoms with Gasteiger partial charge in [0.15, 0.2) is 0 Å². The van der Waals surface area contributed by atoms with Crippen LogP contribution < -0.4 is 10.2 Å². The molecular formula is C17H18BrN3. The number of benzene rings is 2. The second-order valence-electron chi connectivity index (χ2n) is 4.65. The Kier molecular flexibility index (Phi) is 5.24. The largest absolute Gasteiger partial charge is 0.372 e. The minimum Gasteiger partial charge on any atom is -0.372 e. The number of anilines is 3. The normalized spacial score (nSPS) is 10.0. The smallest absolute Gasteiger partial charge is 0.100 e. The number of nitrogens with zero attached hydrogens (tertiary/aromatic N) is 2. The van der Waals surface area contributed by atoms with Crippen LogP contribution in [0.15, 0.2) is 46.9 Å². The predicted octanol–water partition coefficient (Wildman–Crippen LogP) is 4.91. The molecule has 2 rings (SSSR count). The average molecular weight is 344 g/mol. The second kappa shape index (κ2) is 7.14. The number of hydrogen-bond acceptors (Lipinski definition) is 3. The maximum absolute atomic E-state index is 8.92. The Morgan fingerprint density at radius 1 is 1.05 bits per heavy atom. The molecule has 0 bridgehead atoms. The zero-order valence-electron chi connectivity index (χ0n) is 12.2. The fourth-order valence-electron chi connectivity index (χ4n) is 2.19. The molecule has 0 aliphatic rings. The molecule has 0 radical (unpaired) electrons. The van der Waals surface area contributed by atoms with Crippen molar-refractivity contribution in [1.29, 1.82) is 5.26 Å². The first-order valence-corrected chi connectivity index (χ1v) is 7.79. The molecular weight excluding hydrogens is 326 g/mol. The molecule has 0 saturated carbocycles. The molecule has 0 atom stereocenters. The van der Waals surface area contributed by atoms with Gasteiger partial charge in [-0.1, -0.05) is 0 Å². The molecule has 0 fully saturated rings. The van der Waals surface area contributed by atoms with E-state index < -0.39 is 0 Å². The van der Waals surface area contributed by atoms with Crippen LogP contribution in [0.5, 0.6) is 0 Å². The molecule has 1 N–H and O–H groups in total. The molecule has 0 aromatic heterocycles. The van der Waals surface area contributed by atoms with Gasteiger partial charge in [-0.3, -0.25) is 0 Å². The van der Waals surface area contributed by atoms with E-state index in [4.69, 9.17) is 5.26 Å². The number of hydrogen-bond donors (Lipinski definition) is 1. The third-order valence-corrected chi connectivity index (χ3v) is 4.03. The Morgan fingerprint density at radius 3 is 2.19 bits per heavy atom. The van der Waals surface area contributed by atoms with Crippen molar-refractivity contribution in [2.24, 2.45) is 0 Å². The van der Waals surface area contributed by atoms with Gasteiger partial charge in [-0.15, -0.1) is 0 Å². The Labute approximate surface area is 134 Å². The van der Waals surface area contributed by atoms with Crippen LogP contribution >= 0.6 is 15.9 Å². The molecule has 0 unspecified atom stereocenters. The van der Waals surface area contributed by atoms with Crippen LogP contribution in [-0.4, -0.2) is 13.1 Å². The fourth-order valence-corrected chi connectivity index (χ4v) is 2.66. The van der Waals surface area contributed by atoms with E-state index in [1.165, 1.54) is 5.69 Å². The maximum Gasteiger partial charge on any atom is 0.100 e. The zero-order valence-corrected chi connectivity index (χ0v) is 13.8. The van der Waals surface area contributed by atoms with E-state index in [1.54, 1.807) is 6.07 Å². The quantitative estimate of drug-likeness (QED) is 0.838. The zero-order chi connectivity index (χ0) is 15.2. The predicted molar refractivity (Wildman–Crippen MR) is 92.1 cm³/mol. The van der Waals surface area contributed by atoms with E-state index in [0.29, 0.717) is 5.56 Å². The molecule has 2 aromatic rings. The van der Waals surface area contributed by atoms with Crippen LogP contribution in [0.2, 0.25) is 0 Å². The summed E-state index contributed by atoms with van der Waals surface area (Å²) in [7, 11) is 0. The van der Waals surface area contributed by atoms with E-state index in [0.717, 1.165) is 28.9 Å². The monoisotopic (exact) mass is 343 g/mol. The topological polar surface area (TPSA) is 39.1 Å². The Bertz CT molecular complexity index is 640. The van der Waals surface area contributed by atoms with Gasteiger partial charge in [0.2, 0.25) is 0 Å². The maximum atomic E-state index is 8.92. The van der Waals surface area contributed by atoms with Crippen LogP contribution in [0.25, 0.3) is 0 Å². The Hall–Kier alpha value is -1.99. The van der Waals surface area contributed by atoms with Gasteiger partial charge >= 0.3 is 0 Å². The highest BCUT2D eigenvalue weighted by atomic mass is 79.9. The molecule has 0 saturated heterocycles. The molecule has 2 aromatic carbocycles. The van der Waals surface area contributed by atoms with Gasteiger partial charge in [0, 0.05) is 34.6 Å². The number of nitrogens with one attached hydrogen (secondary N) is 1. The van der Waals surface area contributed by atoms with Crippen LogP contribution in [0.4, 0.5) is 17.1 Å². The lowest BCUT2D eigenvalue weighted by Gasteiger charge is -2.21. The summed E-state index contributed by atoms with van der Waals surface area (Å²) in [4.78, 5) is 2.31. The van der Waals surface area contributed by atoms with Crippen molar-refractivity contribution in [3.05, 3.63) is 52.5 Å². The SMILES string of the molecule is CCN(CC)c1ccc(Nc2ccc(C#N)c(Br)c2)cc1. The summed E-state index contributed by atoms with van der Waals surface area (Å²) in [6.45, 7) is 6.32. The number of halogens is 1. The van der Waals surface area contributed by atoms with Crippen LogP contribution in [-0.2, 0) is 0 Å². The van der Waals surface area contributed by atoms with Gasteiger partial charge in [-0.25, -0.2) is 0 Å². The van der Waals surface area contributed by atoms with Crippen molar-refractivity contribution >= 4 is 33.0 Å². The molecule has 0 spiro atoms. The van der Waals surface area contributed by atoms with Crippen molar-refractivity contribution in [2.75, 3.05) is 23.3 Å². The van der Waals surface area contributed by atoms with E-state index in [2.05, 4.69) is 70.3 Å². The highest BCUT2D eigenvalue weighted by Gasteiger charge is 2.03. The minimum absolute atomic E-state index is 0.637. The molecule has 0 amide bonds. The van der Waals surface area contributed by atoms with Gasteiger partial charge in [0.1, 0.15) is 6.07 Å². The minimum atomic E-state index is 0.637. The van der Waals surface area contributed by atoms with Crippen molar-refractivity contribution < 1.29 is 0 Å². The highest BCUT2D eigenvalue weighted by Crippen LogP contribution is 2.25. The molecule has 108 valence electrons. The van der Waals surface area contributed by atoms with Gasteiger partial charge in [-0.05, 0) is 72.2 Å². The van der Waals surface area contributed by atoms with Crippen molar-refractivity contribution in [2.45, 2.75) is 13.8 Å². The molecule has 0 aliphatic carbocycles. The van der Waals surface area contributed by atoms with Gasteiger partial charge < -0.3 is 10.2 Å². The summed E-state index contributed by atoms with van der Waals surface area (Å²) in [5.41, 5.74) is 3.85. The summed E-state index contributed by atoms with van der Waals surface area (Å²) >= 11 is 3.40. The van der Waals surface area contributed by atoms with E-state index in [-0.39, 0.29) is 0 Å². The van der Waals surface area contributed by atoms with Gasteiger partial charge in [0.05, 0.1) is 5.56 Å². The van der Waals surface area contributed by atoms with Gasteiger partial charge in [0.25, 0.3) is 0 Å². The van der Waals surface area contributed by atoms with E-state index in [9.17, 15) is 0 Å². The van der Waals surface area contributed by atoms with E-state index in [1.807, 2.05) is 12.1 Å². The first-order valence-electron chi connectivity index (χ1n) is 6.99. The Morgan fingerprint density at radius 2 is 1.67 bits per heavy atom. The number of nitriles is 1. The molecule has 3 nitrogen and oxygen atoms in total. The standard InChI is InChI=1S/C17H18BrN3/c1-3-21(4-2)16-9-7-14(8-10-16)20-15-6-5-13(12-19)17(18)11-15/h5-11,20H,3-4H2,1-2H3. The lowest BCUT2D eigenvalue weighted by atomic mass is 10.2. The summed E-state index contributed by atoms with van der Waals surface area (Å²) in [5, 5.41) is 12.3. The molecule has 0 heterocycles. The third-order valence-electron chi connectivity index (χ3n) is 3.37. The fraction of sp³-hybridized carbons (Fsp3) is 0.235. The van der Waals surface area contributed by atoms with Crippen molar-refractivity contribution in [3.63, 3.8) is 0 Å². The highest BCUT2D eigenvalue weighted by molar-refractivity contribution is 9.10. The molecule has 4 heteroatoms. The van der Waals surface area contributed by atoms with E-state index >= 15 is 0 Å². The first-order chi connectivity index (χ1) is 10.2. The summed E-state index contributed by atoms with van der Waals surface area (Å²) in [5.74, 6) is 0. The summed E-state index contributed by atoms with van der Waals surface area (Å²) in [6.07, 6.45) is 0. The lowest BCUT2D eigenvalue weighted by Crippen LogP contribution is -2.21. The Balaban J connectivity index is 2.13. The average Bonchev–Trinajstić information content (AvgIpc) is 2.50. The van der Waals surface area contributed by atoms with Crippen molar-refractivity contribution in [3.8, 4) is 6.07 Å². The number of rotatable bonds is 5. The molecule has 21 heavy (non-hydrogen) atoms. The lowest BCUT2D eigenvalue weighted by molar-refractivity contribution is 0.866. The summed E-state index contributed by atoms with van der Waals surface area (Å²) < 4.78 is 0.801. The van der Waals surface area contributed by atoms with Crippen molar-refractivity contribution in [1.82, 2.24) is 0 Å². The van der Waals surface area contributed by atoms with Crippen LogP contribution in [0.1, 0.15) is 19.4 Å². The van der Waals surface area contributed by atoms with Gasteiger partial charge in [-0.2, -0.15) is 5.26 Å². The summed E-state index contributed by atoms with van der Waals surface area (Å²) in [6, 6.07) is 16.1. The molecule has 0 aliphatic heterocycles. The third kappa shape index (κ3) is 3.77. The van der Waals surface area contributed by atoms with Crippen LogP contribution in [0.3, 0.4) is 0 Å². The van der Waals surface area contributed by atoms with Crippen LogP contribution in [0, 0.1) is 11.3 Å². The second-order valence-corrected chi connectivity index (χ2v) is 5.50.